The SMILES string of the molecule is COC(=O)CC(OC)C(C)(C)C. The van der Waals surface area contributed by atoms with Crippen LogP contribution < -0.4 is 0 Å². The van der Waals surface area contributed by atoms with Gasteiger partial charge in [0, 0.05) is 7.11 Å². The molecule has 12 heavy (non-hydrogen) atoms. The lowest BCUT2D eigenvalue weighted by Crippen LogP contribution is -2.31. The van der Waals surface area contributed by atoms with E-state index in [-0.39, 0.29) is 17.5 Å². The Hall–Kier alpha value is -0.570. The molecule has 0 aliphatic heterocycles. The zero-order valence-electron chi connectivity index (χ0n) is 8.51. The van der Waals surface area contributed by atoms with E-state index in [0.717, 1.165) is 0 Å². The van der Waals surface area contributed by atoms with E-state index in [1.807, 2.05) is 20.8 Å². The number of hydrogen-bond donors (Lipinski definition) is 0. The second-order valence-electron chi connectivity index (χ2n) is 3.87. The minimum absolute atomic E-state index is 0.0249. The van der Waals surface area contributed by atoms with E-state index in [1.54, 1.807) is 7.11 Å². The molecular weight excluding hydrogens is 156 g/mol. The van der Waals surface area contributed by atoms with Crippen LogP contribution in [0, 0.1) is 5.41 Å². The second kappa shape index (κ2) is 4.45. The number of rotatable bonds is 3. The summed E-state index contributed by atoms with van der Waals surface area (Å²) < 4.78 is 9.75. The molecule has 0 bridgehead atoms. The number of hydrogen-bond acceptors (Lipinski definition) is 3. The summed E-state index contributed by atoms with van der Waals surface area (Å²) in [6, 6.07) is 0. The molecule has 0 N–H and O–H groups in total. The van der Waals surface area contributed by atoms with Gasteiger partial charge in [0.2, 0.25) is 0 Å². The van der Waals surface area contributed by atoms with Crippen molar-refractivity contribution < 1.29 is 14.3 Å². The topological polar surface area (TPSA) is 35.5 Å². The van der Waals surface area contributed by atoms with Crippen molar-refractivity contribution in [3.63, 3.8) is 0 Å². The summed E-state index contributed by atoms with van der Waals surface area (Å²) in [7, 11) is 3.00. The van der Waals surface area contributed by atoms with Crippen LogP contribution in [0.3, 0.4) is 0 Å². The average molecular weight is 174 g/mol. The Bertz CT molecular complexity index is 146. The predicted octanol–water partition coefficient (Wildman–Crippen LogP) is 1.61. The van der Waals surface area contributed by atoms with Gasteiger partial charge in [0.25, 0.3) is 0 Å². The quantitative estimate of drug-likeness (QED) is 0.610. The highest BCUT2D eigenvalue weighted by atomic mass is 16.5. The van der Waals surface area contributed by atoms with Crippen molar-refractivity contribution in [1.29, 1.82) is 0 Å². The molecule has 1 unspecified atom stereocenters. The van der Waals surface area contributed by atoms with Crippen molar-refractivity contribution >= 4 is 5.97 Å². The van der Waals surface area contributed by atoms with E-state index in [4.69, 9.17) is 4.74 Å². The maximum Gasteiger partial charge on any atom is 0.308 e. The first-order chi connectivity index (χ1) is 5.41. The molecule has 0 spiro atoms. The van der Waals surface area contributed by atoms with Gasteiger partial charge in [-0.3, -0.25) is 4.79 Å². The lowest BCUT2D eigenvalue weighted by Gasteiger charge is -2.28. The molecule has 0 amide bonds. The standard InChI is InChI=1S/C9H18O3/c1-9(2,3)7(11-4)6-8(10)12-5/h7H,6H2,1-5H3. The predicted molar refractivity (Wildman–Crippen MR) is 46.9 cm³/mol. The molecule has 3 heteroatoms. The third kappa shape index (κ3) is 3.72. The third-order valence-electron chi connectivity index (χ3n) is 1.83. The fourth-order valence-electron chi connectivity index (χ4n) is 0.978. The van der Waals surface area contributed by atoms with E-state index in [0.29, 0.717) is 6.42 Å². The van der Waals surface area contributed by atoms with Crippen molar-refractivity contribution in [2.24, 2.45) is 5.41 Å². The molecule has 0 aliphatic rings. The highest BCUT2D eigenvalue weighted by Gasteiger charge is 2.26. The van der Waals surface area contributed by atoms with Crippen molar-refractivity contribution in [1.82, 2.24) is 0 Å². The molecule has 72 valence electrons. The van der Waals surface area contributed by atoms with Gasteiger partial charge in [-0.15, -0.1) is 0 Å². The van der Waals surface area contributed by atoms with E-state index in [9.17, 15) is 4.79 Å². The Morgan fingerprint density at radius 2 is 1.83 bits per heavy atom. The molecule has 0 aliphatic carbocycles. The van der Waals surface area contributed by atoms with Gasteiger partial charge in [-0.25, -0.2) is 0 Å². The highest BCUT2D eigenvalue weighted by Crippen LogP contribution is 2.24. The summed E-state index contributed by atoms with van der Waals surface area (Å²) in [6.45, 7) is 6.10. The van der Waals surface area contributed by atoms with Gasteiger partial charge in [0.1, 0.15) is 0 Å². The van der Waals surface area contributed by atoms with Crippen molar-refractivity contribution in [3.05, 3.63) is 0 Å². The largest absolute Gasteiger partial charge is 0.469 e. The summed E-state index contributed by atoms with van der Waals surface area (Å²) >= 11 is 0. The van der Waals surface area contributed by atoms with Crippen LogP contribution in [-0.2, 0) is 14.3 Å². The first-order valence-corrected chi connectivity index (χ1v) is 4.01. The number of carbonyl (C=O) groups excluding carboxylic acids is 1. The second-order valence-corrected chi connectivity index (χ2v) is 3.87. The van der Waals surface area contributed by atoms with E-state index >= 15 is 0 Å². The van der Waals surface area contributed by atoms with Crippen LogP contribution in [0.25, 0.3) is 0 Å². The normalized spacial score (nSPS) is 14.1. The molecule has 1 atom stereocenters. The Kier molecular flexibility index (Phi) is 4.24. The summed E-state index contributed by atoms with van der Waals surface area (Å²) in [5.41, 5.74) is -0.0249. The molecule has 0 fully saturated rings. The number of ether oxygens (including phenoxy) is 2. The molecule has 3 nitrogen and oxygen atoms in total. The lowest BCUT2D eigenvalue weighted by molar-refractivity contribution is -0.145. The van der Waals surface area contributed by atoms with Crippen molar-refractivity contribution in [2.75, 3.05) is 14.2 Å². The monoisotopic (exact) mass is 174 g/mol. The third-order valence-corrected chi connectivity index (χ3v) is 1.83. The molecule has 0 aromatic heterocycles. The van der Waals surface area contributed by atoms with E-state index in [1.165, 1.54) is 7.11 Å². The lowest BCUT2D eigenvalue weighted by atomic mass is 9.87. The molecule has 0 aromatic rings. The summed E-state index contributed by atoms with van der Waals surface area (Å²) in [4.78, 5) is 10.9. The van der Waals surface area contributed by atoms with Crippen LogP contribution in [0.4, 0.5) is 0 Å². The zero-order valence-corrected chi connectivity index (χ0v) is 8.51. The Morgan fingerprint density at radius 1 is 1.33 bits per heavy atom. The molecule has 0 heterocycles. The number of carbonyl (C=O) groups is 1. The Labute approximate surface area is 74.0 Å². The highest BCUT2D eigenvalue weighted by molar-refractivity contribution is 5.69. The molecule has 0 saturated carbocycles. The zero-order chi connectivity index (χ0) is 9.78. The first-order valence-electron chi connectivity index (χ1n) is 4.01. The van der Waals surface area contributed by atoms with Gasteiger partial charge in [-0.1, -0.05) is 20.8 Å². The molecule has 0 rings (SSSR count). The summed E-state index contributed by atoms with van der Waals surface area (Å²) in [5.74, 6) is -0.225. The van der Waals surface area contributed by atoms with Crippen molar-refractivity contribution in [3.8, 4) is 0 Å². The van der Waals surface area contributed by atoms with Gasteiger partial charge in [0.05, 0.1) is 19.6 Å². The average Bonchev–Trinajstić information content (AvgIpc) is 1.97. The van der Waals surface area contributed by atoms with E-state index in [2.05, 4.69) is 4.74 Å². The van der Waals surface area contributed by atoms with Crippen molar-refractivity contribution in [2.45, 2.75) is 33.3 Å². The minimum Gasteiger partial charge on any atom is -0.469 e. The summed E-state index contributed by atoms with van der Waals surface area (Å²) in [6.07, 6.45) is 0.237. The Balaban J connectivity index is 4.09. The number of methoxy groups -OCH3 is 2. The van der Waals surface area contributed by atoms with Crippen LogP contribution >= 0.6 is 0 Å². The van der Waals surface area contributed by atoms with Gasteiger partial charge in [-0.05, 0) is 5.41 Å². The minimum atomic E-state index is -0.225. The van der Waals surface area contributed by atoms with Gasteiger partial charge < -0.3 is 9.47 Å². The fraction of sp³-hybridized carbons (Fsp3) is 0.889. The van der Waals surface area contributed by atoms with Crippen LogP contribution in [0.15, 0.2) is 0 Å². The molecular formula is C9H18O3. The smallest absolute Gasteiger partial charge is 0.308 e. The number of esters is 1. The van der Waals surface area contributed by atoms with E-state index < -0.39 is 0 Å². The Morgan fingerprint density at radius 3 is 2.08 bits per heavy atom. The van der Waals surface area contributed by atoms with Crippen LogP contribution in [0.2, 0.25) is 0 Å². The maximum absolute atomic E-state index is 10.9. The maximum atomic E-state index is 10.9. The van der Waals surface area contributed by atoms with Gasteiger partial charge in [0.15, 0.2) is 0 Å². The van der Waals surface area contributed by atoms with Gasteiger partial charge in [-0.2, -0.15) is 0 Å². The molecule has 0 saturated heterocycles. The van der Waals surface area contributed by atoms with Gasteiger partial charge >= 0.3 is 5.97 Å². The van der Waals surface area contributed by atoms with Crippen LogP contribution in [0.1, 0.15) is 27.2 Å². The molecule has 0 radical (unpaired) electrons. The first kappa shape index (κ1) is 11.4. The summed E-state index contributed by atoms with van der Waals surface area (Å²) in [5, 5.41) is 0. The van der Waals surface area contributed by atoms with Crippen LogP contribution in [-0.4, -0.2) is 26.3 Å². The fourth-order valence-corrected chi connectivity index (χ4v) is 0.978. The molecule has 0 aromatic carbocycles. The van der Waals surface area contributed by atoms with Crippen LogP contribution in [0.5, 0.6) is 0 Å².